The van der Waals surface area contributed by atoms with Gasteiger partial charge in [-0.3, -0.25) is 4.79 Å². The van der Waals surface area contributed by atoms with Gasteiger partial charge in [0.1, 0.15) is 5.75 Å². The van der Waals surface area contributed by atoms with E-state index in [0.29, 0.717) is 16.3 Å². The minimum Gasteiger partial charge on any atom is -0.489 e. The van der Waals surface area contributed by atoms with Gasteiger partial charge in [-0.2, -0.15) is 0 Å². The molecule has 0 saturated heterocycles. The van der Waals surface area contributed by atoms with Gasteiger partial charge in [-0.1, -0.05) is 18.0 Å². The molecule has 0 N–H and O–H groups in total. The van der Waals surface area contributed by atoms with Crippen molar-refractivity contribution < 1.29 is 9.53 Å². The zero-order valence-electron chi connectivity index (χ0n) is 10.2. The van der Waals surface area contributed by atoms with E-state index < -0.39 is 0 Å². The molecule has 0 radical (unpaired) electrons. The number of carbonyl (C=O) groups is 1. The van der Waals surface area contributed by atoms with Gasteiger partial charge in [0.05, 0.1) is 11.1 Å². The highest BCUT2D eigenvalue weighted by Crippen LogP contribution is 2.32. The monoisotopic (exact) mass is 252 g/mol. The Kier molecular flexibility index (Phi) is 3.72. The minimum atomic E-state index is 0.0840. The van der Waals surface area contributed by atoms with Crippen LogP contribution in [-0.2, 0) is 0 Å². The van der Waals surface area contributed by atoms with Gasteiger partial charge in [-0.15, -0.1) is 0 Å². The summed E-state index contributed by atoms with van der Waals surface area (Å²) in [5, 5.41) is 0.517. The molecule has 1 aliphatic carbocycles. The Labute approximate surface area is 107 Å². The fraction of sp³-hybridized carbons (Fsp3) is 0.500. The molecule has 1 fully saturated rings. The number of ketones is 1. The molecule has 0 aliphatic heterocycles. The lowest BCUT2D eigenvalue weighted by Crippen LogP contribution is -2.21. The zero-order chi connectivity index (χ0) is 12.4. The Hall–Kier alpha value is -1.02. The molecule has 2 rings (SSSR count). The van der Waals surface area contributed by atoms with Crippen LogP contribution in [0.15, 0.2) is 18.2 Å². The van der Waals surface area contributed by atoms with Gasteiger partial charge < -0.3 is 4.74 Å². The van der Waals surface area contributed by atoms with Gasteiger partial charge in [0.15, 0.2) is 5.78 Å². The van der Waals surface area contributed by atoms with Crippen LogP contribution in [0.1, 0.15) is 43.5 Å². The highest BCUT2D eigenvalue weighted by Gasteiger charge is 2.26. The van der Waals surface area contributed by atoms with Crippen molar-refractivity contribution in [1.82, 2.24) is 0 Å². The molecular weight excluding hydrogens is 236 g/mol. The first-order valence-electron chi connectivity index (χ1n) is 6.08. The number of ether oxygens (including phenoxy) is 1. The van der Waals surface area contributed by atoms with Crippen LogP contribution >= 0.6 is 11.6 Å². The van der Waals surface area contributed by atoms with Crippen molar-refractivity contribution in [3.63, 3.8) is 0 Å². The molecule has 17 heavy (non-hydrogen) atoms. The third kappa shape index (κ3) is 2.81. The van der Waals surface area contributed by atoms with Gasteiger partial charge >= 0.3 is 0 Å². The van der Waals surface area contributed by atoms with Gasteiger partial charge in [0.25, 0.3) is 0 Å². The first kappa shape index (κ1) is 12.4. The minimum absolute atomic E-state index is 0.0840. The number of hydrogen-bond donors (Lipinski definition) is 0. The maximum atomic E-state index is 12.0. The van der Waals surface area contributed by atoms with Crippen LogP contribution in [0.25, 0.3) is 0 Å². The van der Waals surface area contributed by atoms with Crippen molar-refractivity contribution in [2.45, 2.75) is 39.2 Å². The van der Waals surface area contributed by atoms with Crippen molar-refractivity contribution in [1.29, 1.82) is 0 Å². The second kappa shape index (κ2) is 5.09. The van der Waals surface area contributed by atoms with Crippen molar-refractivity contribution in [3.05, 3.63) is 28.8 Å². The molecule has 0 bridgehead atoms. The zero-order valence-corrected chi connectivity index (χ0v) is 11.0. The smallest absolute Gasteiger partial charge is 0.165 e. The van der Waals surface area contributed by atoms with Gasteiger partial charge in [0.2, 0.25) is 0 Å². The lowest BCUT2D eigenvalue weighted by molar-refractivity contribution is 0.0855. The molecule has 92 valence electrons. The summed E-state index contributed by atoms with van der Waals surface area (Å²) < 4.78 is 5.54. The van der Waals surface area contributed by atoms with Crippen molar-refractivity contribution in [3.8, 4) is 5.75 Å². The summed E-state index contributed by atoms with van der Waals surface area (Å²) in [5.41, 5.74) is 0.704. The fourth-order valence-corrected chi connectivity index (χ4v) is 2.13. The molecule has 3 heteroatoms. The standard InChI is InChI=1S/C14H17ClO2/c1-9(2)17-13-7-6-11(8-12(13)15)14(16)10-4-3-5-10/h6-10H,3-5H2,1-2H3. The summed E-state index contributed by atoms with van der Waals surface area (Å²) in [6.07, 6.45) is 3.28. The summed E-state index contributed by atoms with van der Waals surface area (Å²) in [5.74, 6) is 1.07. The molecule has 1 aromatic carbocycles. The SMILES string of the molecule is CC(C)Oc1ccc(C(=O)C2CCC2)cc1Cl. The van der Waals surface area contributed by atoms with Gasteiger partial charge in [-0.25, -0.2) is 0 Å². The van der Waals surface area contributed by atoms with Crippen molar-refractivity contribution in [2.75, 3.05) is 0 Å². The Morgan fingerprint density at radius 1 is 1.41 bits per heavy atom. The van der Waals surface area contributed by atoms with Crippen LogP contribution in [0, 0.1) is 5.92 Å². The Morgan fingerprint density at radius 3 is 2.59 bits per heavy atom. The molecule has 0 amide bonds. The molecule has 0 heterocycles. The molecule has 0 aromatic heterocycles. The predicted molar refractivity (Wildman–Crippen MR) is 68.9 cm³/mol. The predicted octanol–water partition coefficient (Wildman–Crippen LogP) is 4.11. The van der Waals surface area contributed by atoms with Crippen molar-refractivity contribution >= 4 is 17.4 Å². The van der Waals surface area contributed by atoms with Crippen LogP contribution in [0.5, 0.6) is 5.75 Å². The van der Waals surface area contributed by atoms with E-state index in [2.05, 4.69) is 0 Å². The Balaban J connectivity index is 2.15. The van der Waals surface area contributed by atoms with Crippen LogP contribution in [0.2, 0.25) is 5.02 Å². The summed E-state index contributed by atoms with van der Waals surface area (Å²) in [4.78, 5) is 12.0. The molecular formula is C14H17ClO2. The second-order valence-electron chi connectivity index (χ2n) is 4.80. The summed E-state index contributed by atoms with van der Waals surface area (Å²) >= 11 is 6.11. The highest BCUT2D eigenvalue weighted by molar-refractivity contribution is 6.32. The average Bonchev–Trinajstić information content (AvgIpc) is 2.17. The van der Waals surface area contributed by atoms with E-state index >= 15 is 0 Å². The van der Waals surface area contributed by atoms with Crippen LogP contribution in [-0.4, -0.2) is 11.9 Å². The van der Waals surface area contributed by atoms with E-state index in [4.69, 9.17) is 16.3 Å². The number of carbonyl (C=O) groups excluding carboxylic acids is 1. The van der Waals surface area contributed by atoms with E-state index in [0.717, 1.165) is 12.8 Å². The molecule has 0 spiro atoms. The maximum Gasteiger partial charge on any atom is 0.165 e. The van der Waals surface area contributed by atoms with Crippen LogP contribution < -0.4 is 4.74 Å². The van der Waals surface area contributed by atoms with Crippen LogP contribution in [0.4, 0.5) is 0 Å². The molecule has 0 unspecified atom stereocenters. The lowest BCUT2D eigenvalue weighted by atomic mass is 9.80. The molecule has 1 aromatic rings. The van der Waals surface area contributed by atoms with E-state index in [1.807, 2.05) is 19.9 Å². The fourth-order valence-electron chi connectivity index (χ4n) is 1.91. The summed E-state index contributed by atoms with van der Waals surface area (Å²) in [6.45, 7) is 3.90. The Bertz CT molecular complexity index is 422. The number of halogens is 1. The number of Topliss-reactive ketones (excluding diaryl/α,β-unsaturated/α-hetero) is 1. The average molecular weight is 253 g/mol. The summed E-state index contributed by atoms with van der Waals surface area (Å²) in [6, 6.07) is 5.32. The van der Waals surface area contributed by atoms with Gasteiger partial charge in [0, 0.05) is 11.5 Å². The van der Waals surface area contributed by atoms with E-state index in [1.54, 1.807) is 12.1 Å². The van der Waals surface area contributed by atoms with E-state index in [1.165, 1.54) is 6.42 Å². The third-order valence-electron chi connectivity index (χ3n) is 3.06. The first-order valence-corrected chi connectivity index (χ1v) is 6.46. The number of benzene rings is 1. The molecule has 1 saturated carbocycles. The number of rotatable bonds is 4. The quantitative estimate of drug-likeness (QED) is 0.754. The van der Waals surface area contributed by atoms with Crippen molar-refractivity contribution in [2.24, 2.45) is 5.92 Å². The first-order chi connectivity index (χ1) is 8.08. The topological polar surface area (TPSA) is 26.3 Å². The van der Waals surface area contributed by atoms with E-state index in [-0.39, 0.29) is 17.8 Å². The molecule has 2 nitrogen and oxygen atoms in total. The maximum absolute atomic E-state index is 12.0. The Morgan fingerprint density at radius 2 is 2.12 bits per heavy atom. The third-order valence-corrected chi connectivity index (χ3v) is 3.35. The number of hydrogen-bond acceptors (Lipinski definition) is 2. The van der Waals surface area contributed by atoms with Crippen LogP contribution in [0.3, 0.4) is 0 Å². The lowest BCUT2D eigenvalue weighted by Gasteiger charge is -2.24. The van der Waals surface area contributed by atoms with E-state index in [9.17, 15) is 4.79 Å². The molecule has 1 aliphatic rings. The molecule has 0 atom stereocenters. The summed E-state index contributed by atoms with van der Waals surface area (Å²) in [7, 11) is 0. The normalized spacial score (nSPS) is 15.8. The van der Waals surface area contributed by atoms with Gasteiger partial charge in [-0.05, 0) is 44.9 Å². The largest absolute Gasteiger partial charge is 0.489 e. The highest BCUT2D eigenvalue weighted by atomic mass is 35.5. The second-order valence-corrected chi connectivity index (χ2v) is 5.21.